The maximum atomic E-state index is 3.36. The molecular weight excluding hydrogens is 234 g/mol. The van der Waals surface area contributed by atoms with Crippen molar-refractivity contribution in [1.29, 1.82) is 0 Å². The third kappa shape index (κ3) is 2.57. The summed E-state index contributed by atoms with van der Waals surface area (Å²) < 4.78 is 0. The lowest BCUT2D eigenvalue weighted by Crippen LogP contribution is -2.57. The third-order valence-corrected chi connectivity index (χ3v) is 5.64. The highest BCUT2D eigenvalue weighted by Crippen LogP contribution is 2.44. The van der Waals surface area contributed by atoms with Crippen molar-refractivity contribution in [3.63, 3.8) is 0 Å². The predicted octanol–water partition coefficient (Wildman–Crippen LogP) is 1.65. The summed E-state index contributed by atoms with van der Waals surface area (Å²) in [4.78, 5) is 5.65. The molecule has 4 aliphatic heterocycles. The lowest BCUT2D eigenvalue weighted by molar-refractivity contribution is 0.00225. The van der Waals surface area contributed by atoms with Crippen LogP contribution < -0.4 is 5.32 Å². The highest BCUT2D eigenvalue weighted by molar-refractivity contribution is 5.06. The molecule has 2 bridgehead atoms. The summed E-state index contributed by atoms with van der Waals surface area (Å²) in [6.07, 6.45) is 4.26. The van der Waals surface area contributed by atoms with Crippen LogP contribution in [0.1, 0.15) is 33.1 Å². The Morgan fingerprint density at radius 1 is 1.21 bits per heavy atom. The van der Waals surface area contributed by atoms with Crippen LogP contribution in [-0.2, 0) is 0 Å². The molecule has 3 heteroatoms. The zero-order valence-corrected chi connectivity index (χ0v) is 12.9. The topological polar surface area (TPSA) is 18.5 Å². The van der Waals surface area contributed by atoms with Gasteiger partial charge in [-0.05, 0) is 63.7 Å². The quantitative estimate of drug-likeness (QED) is 0.815. The molecule has 4 saturated heterocycles. The molecule has 1 N–H and O–H groups in total. The first kappa shape index (κ1) is 13.8. The molecule has 0 amide bonds. The molecule has 3 atom stereocenters. The maximum absolute atomic E-state index is 3.36. The standard InChI is InChI=1S/C16H31N3/c1-12(2)10-19-11-14-13-5-8-18(9-6-13)16(14)15(19)4-7-17-3/h12-17H,4-11H2,1-3H3. The summed E-state index contributed by atoms with van der Waals surface area (Å²) in [5, 5.41) is 3.36. The van der Waals surface area contributed by atoms with E-state index in [2.05, 4.69) is 36.0 Å². The number of piperidine rings is 3. The largest absolute Gasteiger partial charge is 0.320 e. The number of hydrogen-bond donors (Lipinski definition) is 1. The van der Waals surface area contributed by atoms with Gasteiger partial charge in [-0.25, -0.2) is 0 Å². The van der Waals surface area contributed by atoms with Gasteiger partial charge in [0, 0.05) is 25.2 Å². The molecule has 0 radical (unpaired) electrons. The van der Waals surface area contributed by atoms with Crippen LogP contribution in [0, 0.1) is 17.8 Å². The Labute approximate surface area is 118 Å². The minimum absolute atomic E-state index is 0.796. The molecule has 0 aromatic carbocycles. The summed E-state index contributed by atoms with van der Waals surface area (Å²) in [5.74, 6) is 2.80. The first-order chi connectivity index (χ1) is 9.20. The van der Waals surface area contributed by atoms with Crippen LogP contribution >= 0.6 is 0 Å². The van der Waals surface area contributed by atoms with Crippen LogP contribution in [-0.4, -0.2) is 61.7 Å². The summed E-state index contributed by atoms with van der Waals surface area (Å²) in [6.45, 7) is 11.3. The lowest BCUT2D eigenvalue weighted by atomic mass is 9.73. The van der Waals surface area contributed by atoms with Crippen LogP contribution in [0.4, 0.5) is 0 Å². The minimum Gasteiger partial charge on any atom is -0.320 e. The molecule has 0 saturated carbocycles. The zero-order chi connectivity index (χ0) is 13.4. The second kappa shape index (κ2) is 5.71. The number of hydrogen-bond acceptors (Lipinski definition) is 3. The van der Waals surface area contributed by atoms with E-state index in [4.69, 9.17) is 0 Å². The van der Waals surface area contributed by atoms with E-state index in [1.807, 2.05) is 0 Å². The van der Waals surface area contributed by atoms with Gasteiger partial charge in [0.05, 0.1) is 0 Å². The van der Waals surface area contributed by atoms with Gasteiger partial charge in [-0.2, -0.15) is 0 Å². The normalized spacial score (nSPS) is 42.0. The van der Waals surface area contributed by atoms with Crippen LogP contribution in [0.5, 0.6) is 0 Å². The van der Waals surface area contributed by atoms with E-state index in [-0.39, 0.29) is 0 Å². The fourth-order valence-corrected chi connectivity index (χ4v) is 4.93. The fourth-order valence-electron chi connectivity index (χ4n) is 4.93. The summed E-state index contributed by atoms with van der Waals surface area (Å²) in [5.41, 5.74) is 0. The summed E-state index contributed by atoms with van der Waals surface area (Å²) in [6, 6.07) is 1.68. The summed E-state index contributed by atoms with van der Waals surface area (Å²) in [7, 11) is 2.09. The van der Waals surface area contributed by atoms with Crippen molar-refractivity contribution in [1.82, 2.24) is 15.1 Å². The van der Waals surface area contributed by atoms with E-state index >= 15 is 0 Å². The van der Waals surface area contributed by atoms with Gasteiger partial charge in [-0.1, -0.05) is 13.8 Å². The fraction of sp³-hybridized carbons (Fsp3) is 1.00. The molecule has 3 unspecified atom stereocenters. The van der Waals surface area contributed by atoms with Crippen molar-refractivity contribution in [3.8, 4) is 0 Å². The van der Waals surface area contributed by atoms with E-state index < -0.39 is 0 Å². The number of fused-ring (bicyclic) bond motifs is 2. The summed E-state index contributed by atoms with van der Waals surface area (Å²) >= 11 is 0. The lowest BCUT2D eigenvalue weighted by Gasteiger charge is -2.49. The Bertz CT molecular complexity index is 296. The smallest absolute Gasteiger partial charge is 0.0295 e. The van der Waals surface area contributed by atoms with Crippen LogP contribution in [0.3, 0.4) is 0 Å². The number of likely N-dealkylation sites (tertiary alicyclic amines) is 1. The third-order valence-electron chi connectivity index (χ3n) is 5.64. The molecule has 19 heavy (non-hydrogen) atoms. The first-order valence-electron chi connectivity index (χ1n) is 8.33. The molecule has 0 aromatic heterocycles. The Hall–Kier alpha value is -0.120. The monoisotopic (exact) mass is 265 g/mol. The van der Waals surface area contributed by atoms with Gasteiger partial charge in [-0.3, -0.25) is 9.80 Å². The van der Waals surface area contributed by atoms with E-state index in [1.165, 1.54) is 52.0 Å². The molecule has 0 aromatic rings. The maximum Gasteiger partial charge on any atom is 0.0295 e. The van der Waals surface area contributed by atoms with Crippen LogP contribution in [0.2, 0.25) is 0 Å². The zero-order valence-electron chi connectivity index (χ0n) is 12.9. The molecule has 3 nitrogen and oxygen atoms in total. The Balaban J connectivity index is 1.75. The van der Waals surface area contributed by atoms with Crippen molar-refractivity contribution in [2.45, 2.75) is 45.2 Å². The molecule has 4 aliphatic rings. The predicted molar refractivity (Wildman–Crippen MR) is 80.3 cm³/mol. The average molecular weight is 265 g/mol. The van der Waals surface area contributed by atoms with Crippen LogP contribution in [0.25, 0.3) is 0 Å². The van der Waals surface area contributed by atoms with Crippen molar-refractivity contribution >= 4 is 0 Å². The van der Waals surface area contributed by atoms with Crippen LogP contribution in [0.15, 0.2) is 0 Å². The van der Waals surface area contributed by atoms with Gasteiger partial charge in [0.15, 0.2) is 0 Å². The molecule has 4 heterocycles. The Morgan fingerprint density at radius 2 is 1.95 bits per heavy atom. The van der Waals surface area contributed by atoms with Gasteiger partial charge in [0.25, 0.3) is 0 Å². The molecular formula is C16H31N3. The van der Waals surface area contributed by atoms with E-state index in [0.717, 1.165) is 29.8 Å². The molecule has 4 rings (SSSR count). The van der Waals surface area contributed by atoms with Crippen molar-refractivity contribution in [3.05, 3.63) is 0 Å². The minimum atomic E-state index is 0.796. The van der Waals surface area contributed by atoms with E-state index in [0.29, 0.717) is 0 Å². The van der Waals surface area contributed by atoms with Gasteiger partial charge in [0.1, 0.15) is 0 Å². The van der Waals surface area contributed by atoms with E-state index in [9.17, 15) is 0 Å². The number of nitrogens with one attached hydrogen (secondary N) is 1. The molecule has 0 aliphatic carbocycles. The highest BCUT2D eigenvalue weighted by atomic mass is 15.3. The molecule has 110 valence electrons. The van der Waals surface area contributed by atoms with Gasteiger partial charge in [0.2, 0.25) is 0 Å². The van der Waals surface area contributed by atoms with Crippen molar-refractivity contribution in [2.24, 2.45) is 17.8 Å². The van der Waals surface area contributed by atoms with Crippen molar-refractivity contribution in [2.75, 3.05) is 39.8 Å². The van der Waals surface area contributed by atoms with Crippen molar-refractivity contribution < 1.29 is 0 Å². The van der Waals surface area contributed by atoms with Gasteiger partial charge >= 0.3 is 0 Å². The van der Waals surface area contributed by atoms with Gasteiger partial charge < -0.3 is 5.32 Å². The second-order valence-electron chi connectivity index (χ2n) is 7.34. The second-order valence-corrected chi connectivity index (χ2v) is 7.34. The Morgan fingerprint density at radius 3 is 2.58 bits per heavy atom. The number of rotatable bonds is 5. The SMILES string of the molecule is CNCCC1C2C(CN1CC(C)C)C1CCN2CC1. The average Bonchev–Trinajstić information content (AvgIpc) is 2.77. The number of nitrogens with zero attached hydrogens (tertiary/aromatic N) is 2. The highest BCUT2D eigenvalue weighted by Gasteiger charge is 2.51. The Kier molecular flexibility index (Phi) is 4.16. The molecule has 4 fully saturated rings. The van der Waals surface area contributed by atoms with E-state index in [1.54, 1.807) is 0 Å². The van der Waals surface area contributed by atoms with Gasteiger partial charge in [-0.15, -0.1) is 0 Å². The first-order valence-corrected chi connectivity index (χ1v) is 8.33. The molecule has 0 spiro atoms.